The highest BCUT2D eigenvalue weighted by atomic mass is 16.5. The van der Waals surface area contributed by atoms with Crippen molar-refractivity contribution in [3.8, 4) is 5.75 Å². The molecule has 1 fully saturated rings. The molecule has 1 aliphatic heterocycles. The van der Waals surface area contributed by atoms with Crippen molar-refractivity contribution in [1.29, 1.82) is 0 Å². The van der Waals surface area contributed by atoms with E-state index in [4.69, 9.17) is 4.74 Å². The fraction of sp³-hybridized carbons (Fsp3) is 0.455. The molecule has 1 aromatic heterocycles. The normalized spacial score (nSPS) is 20.1. The molecule has 0 bridgehead atoms. The first-order valence-electron chi connectivity index (χ1n) is 5.34. The van der Waals surface area contributed by atoms with Crippen LogP contribution in [0.1, 0.15) is 12.8 Å². The van der Waals surface area contributed by atoms with Crippen LogP contribution in [0.5, 0.6) is 5.75 Å². The molecule has 0 radical (unpaired) electrons. The van der Waals surface area contributed by atoms with Crippen LogP contribution in [0, 0.1) is 0 Å². The van der Waals surface area contributed by atoms with E-state index in [0.29, 0.717) is 11.6 Å². The van der Waals surface area contributed by atoms with Crippen molar-refractivity contribution in [2.75, 3.05) is 19.0 Å². The maximum Gasteiger partial charge on any atom is 0.242 e. The summed E-state index contributed by atoms with van der Waals surface area (Å²) in [6.07, 6.45) is 3.48. The number of rotatable bonds is 3. The molecule has 1 unspecified atom stereocenters. The maximum atomic E-state index is 11.6. The third-order valence-corrected chi connectivity index (χ3v) is 2.59. The van der Waals surface area contributed by atoms with E-state index >= 15 is 0 Å². The average Bonchev–Trinajstić information content (AvgIpc) is 2.33. The molecule has 2 N–H and O–H groups in total. The summed E-state index contributed by atoms with van der Waals surface area (Å²) in [5.74, 6) is 1.30. The standard InChI is InChI=1S/C11H15N3O2/c1-16-9-5-3-6-12-10(9)14-8-4-2-7-13-11(8)15/h3,5-6,8H,2,4,7H2,1H3,(H,12,14)(H,13,15). The molecule has 5 heteroatoms. The quantitative estimate of drug-likeness (QED) is 0.791. The van der Waals surface area contributed by atoms with Gasteiger partial charge >= 0.3 is 0 Å². The molecular formula is C11H15N3O2. The van der Waals surface area contributed by atoms with Crippen molar-refractivity contribution < 1.29 is 9.53 Å². The number of carbonyl (C=O) groups excluding carboxylic acids is 1. The summed E-state index contributed by atoms with van der Waals surface area (Å²) in [4.78, 5) is 15.7. The summed E-state index contributed by atoms with van der Waals surface area (Å²) < 4.78 is 5.17. The van der Waals surface area contributed by atoms with Gasteiger partial charge in [-0.05, 0) is 25.0 Å². The monoisotopic (exact) mass is 221 g/mol. The molecule has 0 aromatic carbocycles. The smallest absolute Gasteiger partial charge is 0.242 e. The minimum absolute atomic E-state index is 0.0268. The van der Waals surface area contributed by atoms with E-state index in [-0.39, 0.29) is 11.9 Å². The summed E-state index contributed by atoms with van der Waals surface area (Å²) in [6, 6.07) is 3.40. The van der Waals surface area contributed by atoms with E-state index < -0.39 is 0 Å². The van der Waals surface area contributed by atoms with Gasteiger partial charge in [0.1, 0.15) is 6.04 Å². The number of carbonyl (C=O) groups is 1. The third kappa shape index (κ3) is 2.24. The molecule has 1 atom stereocenters. The largest absolute Gasteiger partial charge is 0.493 e. The second-order valence-electron chi connectivity index (χ2n) is 3.68. The van der Waals surface area contributed by atoms with Crippen molar-refractivity contribution in [3.63, 3.8) is 0 Å². The van der Waals surface area contributed by atoms with Crippen LogP contribution in [0.25, 0.3) is 0 Å². The summed E-state index contributed by atoms with van der Waals surface area (Å²) in [6.45, 7) is 0.760. The van der Waals surface area contributed by atoms with Gasteiger partial charge in [-0.25, -0.2) is 4.98 Å². The molecule has 2 heterocycles. The molecule has 1 aliphatic rings. The van der Waals surface area contributed by atoms with Gasteiger partial charge in [0.2, 0.25) is 5.91 Å². The number of nitrogens with zero attached hydrogens (tertiary/aromatic N) is 1. The Morgan fingerprint density at radius 2 is 2.50 bits per heavy atom. The van der Waals surface area contributed by atoms with Crippen molar-refractivity contribution >= 4 is 11.7 Å². The number of amides is 1. The van der Waals surface area contributed by atoms with E-state index in [2.05, 4.69) is 15.6 Å². The summed E-state index contributed by atoms with van der Waals surface area (Å²) in [7, 11) is 1.59. The Bertz CT molecular complexity index is 381. The van der Waals surface area contributed by atoms with E-state index in [1.165, 1.54) is 0 Å². The number of nitrogens with one attached hydrogen (secondary N) is 2. The van der Waals surface area contributed by atoms with Crippen LogP contribution in [-0.2, 0) is 4.79 Å². The van der Waals surface area contributed by atoms with Crippen LogP contribution < -0.4 is 15.4 Å². The lowest BCUT2D eigenvalue weighted by Gasteiger charge is -2.23. The van der Waals surface area contributed by atoms with Gasteiger partial charge in [0.05, 0.1) is 7.11 Å². The molecule has 0 aliphatic carbocycles. The fourth-order valence-electron chi connectivity index (χ4n) is 1.74. The van der Waals surface area contributed by atoms with Gasteiger partial charge in [0.25, 0.3) is 0 Å². The van der Waals surface area contributed by atoms with Crippen molar-refractivity contribution in [3.05, 3.63) is 18.3 Å². The number of anilines is 1. The van der Waals surface area contributed by atoms with Gasteiger partial charge in [-0.1, -0.05) is 0 Å². The molecule has 0 saturated carbocycles. The van der Waals surface area contributed by atoms with E-state index in [0.717, 1.165) is 19.4 Å². The molecule has 16 heavy (non-hydrogen) atoms. The number of hydrogen-bond acceptors (Lipinski definition) is 4. The minimum Gasteiger partial charge on any atom is -0.493 e. The number of piperidine rings is 1. The number of ether oxygens (including phenoxy) is 1. The Balaban J connectivity index is 2.10. The third-order valence-electron chi connectivity index (χ3n) is 2.59. The second kappa shape index (κ2) is 4.83. The van der Waals surface area contributed by atoms with Gasteiger partial charge in [-0.15, -0.1) is 0 Å². The van der Waals surface area contributed by atoms with E-state index in [1.54, 1.807) is 19.4 Å². The molecule has 1 amide bonds. The number of aromatic nitrogens is 1. The first-order valence-corrected chi connectivity index (χ1v) is 5.34. The highest BCUT2D eigenvalue weighted by Gasteiger charge is 2.22. The number of hydrogen-bond donors (Lipinski definition) is 2. The van der Waals surface area contributed by atoms with Crippen LogP contribution in [-0.4, -0.2) is 30.6 Å². The fourth-order valence-corrected chi connectivity index (χ4v) is 1.74. The molecular weight excluding hydrogens is 206 g/mol. The zero-order valence-electron chi connectivity index (χ0n) is 9.19. The van der Waals surface area contributed by atoms with Crippen molar-refractivity contribution in [1.82, 2.24) is 10.3 Å². The van der Waals surface area contributed by atoms with Gasteiger partial charge in [-0.3, -0.25) is 4.79 Å². The SMILES string of the molecule is COc1cccnc1NC1CCCNC1=O. The maximum absolute atomic E-state index is 11.6. The van der Waals surface area contributed by atoms with Crippen LogP contribution in [0.15, 0.2) is 18.3 Å². The first kappa shape index (κ1) is 10.7. The topological polar surface area (TPSA) is 63.2 Å². The Kier molecular flexibility index (Phi) is 3.24. The van der Waals surface area contributed by atoms with Crippen molar-refractivity contribution in [2.45, 2.75) is 18.9 Å². The van der Waals surface area contributed by atoms with E-state index in [9.17, 15) is 4.79 Å². The van der Waals surface area contributed by atoms with Crippen LogP contribution in [0.4, 0.5) is 5.82 Å². The molecule has 86 valence electrons. The van der Waals surface area contributed by atoms with Gasteiger partial charge in [0, 0.05) is 12.7 Å². The second-order valence-corrected chi connectivity index (χ2v) is 3.68. The highest BCUT2D eigenvalue weighted by Crippen LogP contribution is 2.22. The summed E-state index contributed by atoms with van der Waals surface area (Å²) in [5.41, 5.74) is 0. The molecule has 5 nitrogen and oxygen atoms in total. The van der Waals surface area contributed by atoms with Crippen LogP contribution in [0.3, 0.4) is 0 Å². The predicted molar refractivity (Wildman–Crippen MR) is 60.4 cm³/mol. The van der Waals surface area contributed by atoms with Gasteiger partial charge in [-0.2, -0.15) is 0 Å². The predicted octanol–water partition coefficient (Wildman–Crippen LogP) is 0.781. The lowest BCUT2D eigenvalue weighted by atomic mass is 10.1. The van der Waals surface area contributed by atoms with Gasteiger partial charge in [0.15, 0.2) is 11.6 Å². The molecule has 1 saturated heterocycles. The zero-order valence-corrected chi connectivity index (χ0v) is 9.19. The summed E-state index contributed by atoms with van der Waals surface area (Å²) in [5, 5.41) is 5.92. The molecule has 1 aromatic rings. The number of methoxy groups -OCH3 is 1. The Morgan fingerprint density at radius 1 is 1.62 bits per heavy atom. The Hall–Kier alpha value is -1.78. The molecule has 0 spiro atoms. The lowest BCUT2D eigenvalue weighted by Crippen LogP contribution is -2.44. The van der Waals surface area contributed by atoms with E-state index in [1.807, 2.05) is 6.07 Å². The highest BCUT2D eigenvalue weighted by molar-refractivity contribution is 5.85. The Labute approximate surface area is 94.2 Å². The van der Waals surface area contributed by atoms with Gasteiger partial charge < -0.3 is 15.4 Å². The zero-order chi connectivity index (χ0) is 11.4. The number of pyridine rings is 1. The first-order chi connectivity index (χ1) is 7.81. The Morgan fingerprint density at radius 3 is 3.25 bits per heavy atom. The lowest BCUT2D eigenvalue weighted by molar-refractivity contribution is -0.123. The van der Waals surface area contributed by atoms with Crippen molar-refractivity contribution in [2.24, 2.45) is 0 Å². The van der Waals surface area contributed by atoms with Crippen LogP contribution >= 0.6 is 0 Å². The molecule has 2 rings (SSSR count). The minimum atomic E-state index is -0.211. The van der Waals surface area contributed by atoms with Crippen LogP contribution in [0.2, 0.25) is 0 Å². The summed E-state index contributed by atoms with van der Waals surface area (Å²) >= 11 is 0. The average molecular weight is 221 g/mol.